The van der Waals surface area contributed by atoms with Crippen LogP contribution in [-0.2, 0) is 19.6 Å². The van der Waals surface area contributed by atoms with E-state index in [1.165, 1.54) is 6.42 Å². The third-order valence-corrected chi connectivity index (χ3v) is 4.24. The predicted molar refractivity (Wildman–Crippen MR) is 56.4 cm³/mol. The second-order valence-corrected chi connectivity index (χ2v) is 6.31. The molecule has 0 heterocycles. The zero-order chi connectivity index (χ0) is 11.8. The molecule has 2 fully saturated rings. The van der Waals surface area contributed by atoms with E-state index >= 15 is 0 Å². The molecule has 0 aromatic heterocycles. The molecule has 5 nitrogen and oxygen atoms in total. The summed E-state index contributed by atoms with van der Waals surface area (Å²) in [5.41, 5.74) is 0. The van der Waals surface area contributed by atoms with Gasteiger partial charge in [0.2, 0.25) is 0 Å². The van der Waals surface area contributed by atoms with Crippen molar-refractivity contribution in [1.29, 1.82) is 0 Å². The van der Waals surface area contributed by atoms with Crippen LogP contribution in [-0.4, -0.2) is 30.8 Å². The van der Waals surface area contributed by atoms with Gasteiger partial charge in [-0.2, -0.15) is 8.42 Å². The van der Waals surface area contributed by atoms with Crippen LogP contribution in [0, 0.1) is 11.8 Å². The number of hydrogen-bond donors (Lipinski definition) is 1. The fourth-order valence-electron chi connectivity index (χ4n) is 2.77. The maximum absolute atomic E-state index is 11.3. The summed E-state index contributed by atoms with van der Waals surface area (Å²) >= 11 is 0. The molecule has 6 heteroatoms. The Kier molecular flexibility index (Phi) is 3.21. The average molecular weight is 248 g/mol. The molecule has 2 rings (SSSR count). The summed E-state index contributed by atoms with van der Waals surface area (Å²) in [5, 5.41) is 0. The van der Waals surface area contributed by atoms with Crippen LogP contribution in [0.25, 0.3) is 0 Å². The van der Waals surface area contributed by atoms with Gasteiger partial charge in [0.15, 0.2) is 0 Å². The predicted octanol–water partition coefficient (Wildman–Crippen LogP) is 0.996. The van der Waals surface area contributed by atoms with Gasteiger partial charge in [-0.3, -0.25) is 9.35 Å². The molecule has 3 atom stereocenters. The van der Waals surface area contributed by atoms with Crippen molar-refractivity contribution in [2.45, 2.75) is 38.2 Å². The summed E-state index contributed by atoms with van der Waals surface area (Å²) < 4.78 is 34.6. The number of carbonyl (C=O) groups is 1. The van der Waals surface area contributed by atoms with Crippen LogP contribution in [0.1, 0.15) is 32.1 Å². The van der Waals surface area contributed by atoms with Crippen molar-refractivity contribution in [2.75, 3.05) is 5.75 Å². The second-order valence-electron chi connectivity index (χ2n) is 4.74. The van der Waals surface area contributed by atoms with Crippen LogP contribution in [0.5, 0.6) is 0 Å². The van der Waals surface area contributed by atoms with E-state index < -0.39 is 21.8 Å². The van der Waals surface area contributed by atoms with Gasteiger partial charge in [0.25, 0.3) is 10.1 Å². The highest BCUT2D eigenvalue weighted by molar-refractivity contribution is 7.85. The molecule has 0 aromatic rings. The second kappa shape index (κ2) is 4.33. The SMILES string of the molecule is O=C(CCS(=O)(=O)O)OC1CC2CCC1C2. The molecule has 0 saturated heterocycles. The van der Waals surface area contributed by atoms with Gasteiger partial charge in [-0.15, -0.1) is 0 Å². The van der Waals surface area contributed by atoms with Crippen molar-refractivity contribution >= 4 is 16.1 Å². The van der Waals surface area contributed by atoms with Crippen molar-refractivity contribution in [1.82, 2.24) is 0 Å². The summed E-state index contributed by atoms with van der Waals surface area (Å²) in [5.74, 6) is 0.0892. The lowest BCUT2D eigenvalue weighted by atomic mass is 9.98. The van der Waals surface area contributed by atoms with E-state index in [-0.39, 0.29) is 12.5 Å². The third kappa shape index (κ3) is 2.95. The lowest BCUT2D eigenvalue weighted by Crippen LogP contribution is -2.25. The molecule has 2 bridgehead atoms. The minimum absolute atomic E-state index is 0.0207. The number of carbonyl (C=O) groups excluding carboxylic acids is 1. The quantitative estimate of drug-likeness (QED) is 0.593. The fraction of sp³-hybridized carbons (Fsp3) is 0.900. The first-order chi connectivity index (χ1) is 7.44. The first kappa shape index (κ1) is 11.9. The van der Waals surface area contributed by atoms with E-state index in [4.69, 9.17) is 9.29 Å². The largest absolute Gasteiger partial charge is 0.462 e. The Morgan fingerprint density at radius 1 is 1.31 bits per heavy atom. The molecule has 3 unspecified atom stereocenters. The molecule has 0 spiro atoms. The monoisotopic (exact) mass is 248 g/mol. The van der Waals surface area contributed by atoms with Crippen LogP contribution in [0.3, 0.4) is 0 Å². The number of rotatable bonds is 4. The lowest BCUT2D eigenvalue weighted by molar-refractivity contribution is -0.151. The highest BCUT2D eigenvalue weighted by Gasteiger charge is 2.41. The molecule has 2 aliphatic rings. The van der Waals surface area contributed by atoms with Gasteiger partial charge in [0, 0.05) is 0 Å². The molecule has 92 valence electrons. The van der Waals surface area contributed by atoms with Crippen LogP contribution in [0.2, 0.25) is 0 Å². The fourth-order valence-corrected chi connectivity index (χ4v) is 3.20. The van der Waals surface area contributed by atoms with Gasteiger partial charge in [-0.1, -0.05) is 0 Å². The van der Waals surface area contributed by atoms with Gasteiger partial charge >= 0.3 is 5.97 Å². The van der Waals surface area contributed by atoms with E-state index in [0.29, 0.717) is 11.8 Å². The topological polar surface area (TPSA) is 80.7 Å². The maximum Gasteiger partial charge on any atom is 0.307 e. The minimum Gasteiger partial charge on any atom is -0.462 e. The molecule has 0 radical (unpaired) electrons. The molecular weight excluding hydrogens is 232 g/mol. The standard InChI is InChI=1S/C10H16O5S/c11-10(3-4-16(12,13)14)15-9-6-7-1-2-8(9)5-7/h7-9H,1-6H2,(H,12,13,14). The number of hydrogen-bond acceptors (Lipinski definition) is 4. The van der Waals surface area contributed by atoms with E-state index in [0.717, 1.165) is 19.3 Å². The summed E-state index contributed by atoms with van der Waals surface area (Å²) in [6.45, 7) is 0. The lowest BCUT2D eigenvalue weighted by Gasteiger charge is -2.21. The number of esters is 1. The van der Waals surface area contributed by atoms with Crippen molar-refractivity contribution in [3.8, 4) is 0 Å². The van der Waals surface area contributed by atoms with Gasteiger partial charge in [-0.05, 0) is 37.5 Å². The van der Waals surface area contributed by atoms with Crippen LogP contribution >= 0.6 is 0 Å². The minimum atomic E-state index is -4.06. The van der Waals surface area contributed by atoms with Crippen molar-refractivity contribution < 1.29 is 22.5 Å². The number of ether oxygens (including phenoxy) is 1. The van der Waals surface area contributed by atoms with Crippen molar-refractivity contribution in [3.63, 3.8) is 0 Å². The smallest absolute Gasteiger partial charge is 0.307 e. The first-order valence-corrected chi connectivity index (χ1v) is 7.19. The van der Waals surface area contributed by atoms with Crippen LogP contribution in [0.4, 0.5) is 0 Å². The molecule has 0 aromatic carbocycles. The Morgan fingerprint density at radius 2 is 2.06 bits per heavy atom. The van der Waals surface area contributed by atoms with Gasteiger partial charge in [-0.25, -0.2) is 0 Å². The van der Waals surface area contributed by atoms with Gasteiger partial charge < -0.3 is 4.74 Å². The van der Waals surface area contributed by atoms with Crippen molar-refractivity contribution in [2.24, 2.45) is 11.8 Å². The molecule has 2 aliphatic carbocycles. The highest BCUT2D eigenvalue weighted by Crippen LogP contribution is 2.45. The first-order valence-electron chi connectivity index (χ1n) is 5.58. The van der Waals surface area contributed by atoms with Gasteiger partial charge in [0.05, 0.1) is 12.2 Å². The van der Waals surface area contributed by atoms with E-state index in [1.807, 2.05) is 0 Å². The van der Waals surface area contributed by atoms with E-state index in [1.54, 1.807) is 0 Å². The summed E-state index contributed by atoms with van der Waals surface area (Å²) in [6.07, 6.45) is 4.11. The zero-order valence-corrected chi connectivity index (χ0v) is 9.78. The highest BCUT2D eigenvalue weighted by atomic mass is 32.2. The molecular formula is C10H16O5S. The summed E-state index contributed by atoms with van der Waals surface area (Å²) in [4.78, 5) is 11.3. The Hall–Kier alpha value is -0.620. The molecule has 2 saturated carbocycles. The van der Waals surface area contributed by atoms with E-state index in [9.17, 15) is 13.2 Å². The average Bonchev–Trinajstić information content (AvgIpc) is 2.75. The Bertz CT molecular complexity index is 375. The number of fused-ring (bicyclic) bond motifs is 2. The maximum atomic E-state index is 11.3. The summed E-state index contributed by atoms with van der Waals surface area (Å²) in [7, 11) is -4.06. The Balaban J connectivity index is 1.76. The molecule has 1 N–H and O–H groups in total. The van der Waals surface area contributed by atoms with Crippen LogP contribution < -0.4 is 0 Å². The molecule has 0 aliphatic heterocycles. The summed E-state index contributed by atoms with van der Waals surface area (Å²) in [6, 6.07) is 0. The van der Waals surface area contributed by atoms with Crippen LogP contribution in [0.15, 0.2) is 0 Å². The zero-order valence-electron chi connectivity index (χ0n) is 8.96. The van der Waals surface area contributed by atoms with Crippen molar-refractivity contribution in [3.05, 3.63) is 0 Å². The normalized spacial score (nSPS) is 32.9. The molecule has 16 heavy (non-hydrogen) atoms. The Morgan fingerprint density at radius 3 is 2.56 bits per heavy atom. The van der Waals surface area contributed by atoms with E-state index in [2.05, 4.69) is 0 Å². The third-order valence-electron chi connectivity index (χ3n) is 3.52. The molecule has 0 amide bonds. The van der Waals surface area contributed by atoms with Gasteiger partial charge in [0.1, 0.15) is 6.10 Å². The Labute approximate surface area is 94.9 Å².